The van der Waals surface area contributed by atoms with Crippen LogP contribution in [0.25, 0.3) is 0 Å². The van der Waals surface area contributed by atoms with E-state index in [9.17, 15) is 0 Å². The number of fused-ring (bicyclic) bond motifs is 1. The van der Waals surface area contributed by atoms with Gasteiger partial charge in [-0.2, -0.15) is 0 Å². The van der Waals surface area contributed by atoms with E-state index in [1.807, 2.05) is 18.4 Å². The second-order valence-electron chi connectivity index (χ2n) is 4.57. The number of aromatic nitrogens is 2. The number of hydrogen-bond donors (Lipinski definition) is 2. The lowest BCUT2D eigenvalue weighted by Crippen LogP contribution is -2.14. The van der Waals surface area contributed by atoms with Crippen LogP contribution in [0.5, 0.6) is 0 Å². The van der Waals surface area contributed by atoms with Gasteiger partial charge in [0.2, 0.25) is 0 Å². The summed E-state index contributed by atoms with van der Waals surface area (Å²) in [7, 11) is 0. The molecule has 4 nitrogen and oxygen atoms in total. The third kappa shape index (κ3) is 2.50. The molecule has 0 radical (unpaired) electrons. The van der Waals surface area contributed by atoms with Crippen LogP contribution in [-0.2, 0) is 12.8 Å². The summed E-state index contributed by atoms with van der Waals surface area (Å²) < 4.78 is 0.949. The SMILES string of the molecule is Cc1csc(Sc2nc3c(cc2C(=N)N)CCC3)n1. The molecule has 0 atom stereocenters. The molecule has 2 aromatic heterocycles. The molecule has 0 unspecified atom stereocenters. The minimum atomic E-state index is 0.0815. The first-order valence-corrected chi connectivity index (χ1v) is 7.80. The van der Waals surface area contributed by atoms with Gasteiger partial charge in [0.25, 0.3) is 0 Å². The zero-order chi connectivity index (χ0) is 13.4. The first-order chi connectivity index (χ1) is 9.13. The maximum absolute atomic E-state index is 7.72. The number of pyridine rings is 1. The maximum Gasteiger partial charge on any atom is 0.156 e. The van der Waals surface area contributed by atoms with Gasteiger partial charge in [-0.25, -0.2) is 9.97 Å². The Balaban J connectivity index is 2.01. The first-order valence-electron chi connectivity index (χ1n) is 6.10. The summed E-state index contributed by atoms with van der Waals surface area (Å²) in [6, 6.07) is 2.03. The molecular formula is C13H14N4S2. The van der Waals surface area contributed by atoms with E-state index >= 15 is 0 Å². The molecule has 3 N–H and O–H groups in total. The lowest BCUT2D eigenvalue weighted by molar-refractivity contribution is 0.891. The summed E-state index contributed by atoms with van der Waals surface area (Å²) in [6.45, 7) is 1.97. The Kier molecular flexibility index (Phi) is 3.28. The maximum atomic E-state index is 7.72. The van der Waals surface area contributed by atoms with Gasteiger partial charge in [-0.1, -0.05) is 0 Å². The molecule has 0 spiro atoms. The van der Waals surface area contributed by atoms with Gasteiger partial charge >= 0.3 is 0 Å². The predicted molar refractivity (Wildman–Crippen MR) is 78.3 cm³/mol. The Morgan fingerprint density at radius 2 is 2.26 bits per heavy atom. The fourth-order valence-corrected chi connectivity index (χ4v) is 4.07. The molecule has 1 aliphatic rings. The highest BCUT2D eigenvalue weighted by Gasteiger charge is 2.19. The van der Waals surface area contributed by atoms with Crippen molar-refractivity contribution in [1.29, 1.82) is 5.41 Å². The van der Waals surface area contributed by atoms with Gasteiger partial charge in [0.05, 0.1) is 0 Å². The van der Waals surface area contributed by atoms with Crippen LogP contribution in [0.4, 0.5) is 0 Å². The van der Waals surface area contributed by atoms with Gasteiger partial charge in [-0.15, -0.1) is 11.3 Å². The zero-order valence-electron chi connectivity index (χ0n) is 10.6. The summed E-state index contributed by atoms with van der Waals surface area (Å²) in [4.78, 5) is 9.12. The standard InChI is InChI=1S/C13H14N4S2/c1-7-6-18-13(16-7)19-12-9(11(14)15)5-8-3-2-4-10(8)17-12/h5-6H,2-4H2,1H3,(H3,14,15). The first kappa shape index (κ1) is 12.6. The van der Waals surface area contributed by atoms with Crippen LogP contribution in [0.2, 0.25) is 0 Å². The molecule has 98 valence electrons. The second kappa shape index (κ2) is 4.94. The molecule has 3 rings (SSSR count). The molecule has 6 heteroatoms. The molecule has 0 fully saturated rings. The van der Waals surface area contributed by atoms with Gasteiger partial charge in [0.15, 0.2) is 4.34 Å². The molecule has 0 amide bonds. The molecule has 0 bridgehead atoms. The van der Waals surface area contributed by atoms with E-state index in [1.165, 1.54) is 17.3 Å². The number of nitrogens with two attached hydrogens (primary N) is 1. The smallest absolute Gasteiger partial charge is 0.156 e. The molecule has 2 aromatic rings. The fraction of sp³-hybridized carbons (Fsp3) is 0.308. The largest absolute Gasteiger partial charge is 0.384 e. The van der Waals surface area contributed by atoms with E-state index in [1.54, 1.807) is 11.3 Å². The van der Waals surface area contributed by atoms with Crippen molar-refractivity contribution in [3.63, 3.8) is 0 Å². The Bertz CT molecular complexity index is 648. The second-order valence-corrected chi connectivity index (χ2v) is 6.67. The third-order valence-electron chi connectivity index (χ3n) is 3.09. The summed E-state index contributed by atoms with van der Waals surface area (Å²) in [5.41, 5.74) is 9.82. The van der Waals surface area contributed by atoms with Crippen LogP contribution in [0, 0.1) is 12.3 Å². The average Bonchev–Trinajstić information content (AvgIpc) is 2.96. The fourth-order valence-electron chi connectivity index (χ4n) is 2.19. The summed E-state index contributed by atoms with van der Waals surface area (Å²) in [5.74, 6) is 0.0815. The van der Waals surface area contributed by atoms with Crippen molar-refractivity contribution in [3.05, 3.63) is 34.0 Å². The molecule has 0 saturated carbocycles. The molecule has 19 heavy (non-hydrogen) atoms. The Morgan fingerprint density at radius 1 is 1.42 bits per heavy atom. The van der Waals surface area contributed by atoms with Gasteiger partial charge in [0.1, 0.15) is 10.9 Å². The quantitative estimate of drug-likeness (QED) is 0.673. The third-order valence-corrected chi connectivity index (χ3v) is 5.15. The number of amidine groups is 1. The van der Waals surface area contributed by atoms with Crippen molar-refractivity contribution in [2.45, 2.75) is 35.6 Å². The van der Waals surface area contributed by atoms with Crippen LogP contribution in [0.1, 0.15) is 28.9 Å². The predicted octanol–water partition coefficient (Wildman–Crippen LogP) is 2.77. The molecule has 0 saturated heterocycles. The van der Waals surface area contributed by atoms with Crippen molar-refractivity contribution in [2.24, 2.45) is 5.73 Å². The normalized spacial score (nSPS) is 13.5. The number of rotatable bonds is 3. The number of thiazole rings is 1. The van der Waals surface area contributed by atoms with Crippen LogP contribution in [0.15, 0.2) is 20.8 Å². The minimum absolute atomic E-state index is 0.0815. The van der Waals surface area contributed by atoms with Gasteiger partial charge < -0.3 is 5.73 Å². The monoisotopic (exact) mass is 290 g/mol. The van der Waals surface area contributed by atoms with Crippen molar-refractivity contribution in [2.75, 3.05) is 0 Å². The van der Waals surface area contributed by atoms with Crippen LogP contribution < -0.4 is 5.73 Å². The summed E-state index contributed by atoms with van der Waals surface area (Å²) in [5, 5.41) is 10.5. The van der Waals surface area contributed by atoms with E-state index in [4.69, 9.17) is 11.1 Å². The van der Waals surface area contributed by atoms with Crippen molar-refractivity contribution in [1.82, 2.24) is 9.97 Å². The number of nitrogens with zero attached hydrogens (tertiary/aromatic N) is 2. The number of hydrogen-bond acceptors (Lipinski definition) is 5. The van der Waals surface area contributed by atoms with E-state index in [2.05, 4.69) is 9.97 Å². The summed E-state index contributed by atoms with van der Waals surface area (Å²) >= 11 is 3.10. The highest BCUT2D eigenvalue weighted by Crippen LogP contribution is 2.33. The van der Waals surface area contributed by atoms with Gasteiger partial charge in [-0.05, 0) is 49.6 Å². The van der Waals surface area contributed by atoms with Crippen molar-refractivity contribution >= 4 is 28.9 Å². The topological polar surface area (TPSA) is 75.7 Å². The molecule has 2 heterocycles. The highest BCUT2D eigenvalue weighted by molar-refractivity contribution is 8.01. The van der Waals surface area contributed by atoms with E-state index in [0.29, 0.717) is 0 Å². The van der Waals surface area contributed by atoms with E-state index < -0.39 is 0 Å². The van der Waals surface area contributed by atoms with Crippen LogP contribution >= 0.6 is 23.1 Å². The number of nitrogen functional groups attached to an aromatic ring is 1. The molecule has 0 aliphatic heterocycles. The molecular weight excluding hydrogens is 276 g/mol. The highest BCUT2D eigenvalue weighted by atomic mass is 32.2. The van der Waals surface area contributed by atoms with Crippen LogP contribution in [-0.4, -0.2) is 15.8 Å². The lowest BCUT2D eigenvalue weighted by atomic mass is 10.1. The van der Waals surface area contributed by atoms with Gasteiger partial charge in [0, 0.05) is 22.3 Å². The average molecular weight is 290 g/mol. The Labute approximate surface area is 120 Å². The number of aryl methyl sites for hydroxylation is 3. The van der Waals surface area contributed by atoms with Crippen LogP contribution in [0.3, 0.4) is 0 Å². The molecule has 1 aliphatic carbocycles. The van der Waals surface area contributed by atoms with Gasteiger partial charge in [-0.3, -0.25) is 5.41 Å². The zero-order valence-corrected chi connectivity index (χ0v) is 12.2. The van der Waals surface area contributed by atoms with E-state index in [0.717, 1.165) is 45.6 Å². The lowest BCUT2D eigenvalue weighted by Gasteiger charge is -2.08. The van der Waals surface area contributed by atoms with E-state index in [-0.39, 0.29) is 5.84 Å². The Hall–Kier alpha value is -1.40. The number of nitrogens with one attached hydrogen (secondary N) is 1. The van der Waals surface area contributed by atoms with Crippen molar-refractivity contribution < 1.29 is 0 Å². The minimum Gasteiger partial charge on any atom is -0.384 e. The summed E-state index contributed by atoms with van der Waals surface area (Å²) in [6.07, 6.45) is 3.21. The Morgan fingerprint density at radius 3 is 2.95 bits per heavy atom. The van der Waals surface area contributed by atoms with Crippen molar-refractivity contribution in [3.8, 4) is 0 Å². The molecule has 0 aromatic carbocycles.